The molecule has 0 spiro atoms. The number of ether oxygens (including phenoxy) is 1. The van der Waals surface area contributed by atoms with E-state index in [0.717, 1.165) is 34.7 Å². The molecule has 0 fully saturated rings. The lowest BCUT2D eigenvalue weighted by Gasteiger charge is -2.31. The standard InChI is InChI=1S/C19H22N2O4S/c1-25-17-11-9-16(10-12-17)21(26(2,23)24)14-19(22)20-13-5-7-15-6-3-4-8-18(15)20/h3-4,6,8-12H,5,7,13-14H2,1-2H3. The summed E-state index contributed by atoms with van der Waals surface area (Å²) in [6.07, 6.45) is 2.90. The SMILES string of the molecule is COc1ccc(N(CC(=O)N2CCCc3ccccc32)S(C)(=O)=O)cc1. The Morgan fingerprint density at radius 2 is 1.85 bits per heavy atom. The van der Waals surface area contributed by atoms with Crippen LogP contribution < -0.4 is 13.9 Å². The van der Waals surface area contributed by atoms with Crippen LogP contribution in [-0.2, 0) is 21.2 Å². The van der Waals surface area contributed by atoms with Gasteiger partial charge in [0.25, 0.3) is 0 Å². The van der Waals surface area contributed by atoms with Crippen LogP contribution in [0.4, 0.5) is 11.4 Å². The van der Waals surface area contributed by atoms with Crippen molar-refractivity contribution in [1.82, 2.24) is 0 Å². The Morgan fingerprint density at radius 3 is 2.50 bits per heavy atom. The van der Waals surface area contributed by atoms with Crippen LogP contribution in [0.25, 0.3) is 0 Å². The number of hydrogen-bond acceptors (Lipinski definition) is 4. The molecule has 0 unspecified atom stereocenters. The highest BCUT2D eigenvalue weighted by Gasteiger charge is 2.27. The van der Waals surface area contributed by atoms with E-state index in [1.54, 1.807) is 36.3 Å². The first kappa shape index (κ1) is 18.3. The fraction of sp³-hybridized carbons (Fsp3) is 0.316. The molecule has 0 aliphatic carbocycles. The minimum Gasteiger partial charge on any atom is -0.497 e. The average Bonchev–Trinajstić information content (AvgIpc) is 2.64. The predicted molar refractivity (Wildman–Crippen MR) is 102 cm³/mol. The van der Waals surface area contributed by atoms with Crippen molar-refractivity contribution in [2.45, 2.75) is 12.8 Å². The van der Waals surface area contributed by atoms with Crippen molar-refractivity contribution in [1.29, 1.82) is 0 Å². The number of aryl methyl sites for hydroxylation is 1. The second-order valence-corrected chi connectivity index (χ2v) is 8.15. The van der Waals surface area contributed by atoms with Crippen LogP contribution in [0.3, 0.4) is 0 Å². The lowest BCUT2D eigenvalue weighted by molar-refractivity contribution is -0.117. The van der Waals surface area contributed by atoms with E-state index in [1.165, 1.54) is 0 Å². The van der Waals surface area contributed by atoms with E-state index in [-0.39, 0.29) is 12.5 Å². The van der Waals surface area contributed by atoms with Gasteiger partial charge in [0.2, 0.25) is 15.9 Å². The van der Waals surface area contributed by atoms with Gasteiger partial charge in [-0.05, 0) is 48.7 Å². The maximum atomic E-state index is 12.9. The third kappa shape index (κ3) is 3.83. The summed E-state index contributed by atoms with van der Waals surface area (Å²) in [5.74, 6) is 0.386. The maximum Gasteiger partial charge on any atom is 0.247 e. The first-order valence-electron chi connectivity index (χ1n) is 8.40. The van der Waals surface area contributed by atoms with Crippen molar-refractivity contribution in [3.05, 3.63) is 54.1 Å². The lowest BCUT2D eigenvalue weighted by Crippen LogP contribution is -2.44. The summed E-state index contributed by atoms with van der Waals surface area (Å²) in [7, 11) is -2.06. The zero-order chi connectivity index (χ0) is 18.7. The van der Waals surface area contributed by atoms with Crippen LogP contribution in [0.15, 0.2) is 48.5 Å². The number of benzene rings is 2. The fourth-order valence-electron chi connectivity index (χ4n) is 3.15. The van der Waals surface area contributed by atoms with Crippen LogP contribution in [-0.4, -0.2) is 40.8 Å². The Bertz CT molecular complexity index is 894. The molecule has 1 amide bonds. The number of carbonyl (C=O) groups excluding carboxylic acids is 1. The summed E-state index contributed by atoms with van der Waals surface area (Å²) >= 11 is 0. The van der Waals surface area contributed by atoms with Crippen LogP contribution in [0.2, 0.25) is 0 Å². The van der Waals surface area contributed by atoms with Crippen molar-refractivity contribution in [2.24, 2.45) is 0 Å². The molecular weight excluding hydrogens is 352 g/mol. The molecule has 138 valence electrons. The minimum absolute atomic E-state index is 0.237. The van der Waals surface area contributed by atoms with Gasteiger partial charge in [-0.15, -0.1) is 0 Å². The van der Waals surface area contributed by atoms with E-state index in [1.807, 2.05) is 24.3 Å². The summed E-state index contributed by atoms with van der Waals surface area (Å²) in [4.78, 5) is 14.6. The number of sulfonamides is 1. The quantitative estimate of drug-likeness (QED) is 0.806. The van der Waals surface area contributed by atoms with Gasteiger partial charge < -0.3 is 9.64 Å². The largest absolute Gasteiger partial charge is 0.497 e. The molecule has 26 heavy (non-hydrogen) atoms. The molecule has 7 heteroatoms. The molecule has 3 rings (SSSR count). The topological polar surface area (TPSA) is 66.9 Å². The summed E-state index contributed by atoms with van der Waals surface area (Å²) in [6, 6.07) is 14.4. The number of fused-ring (bicyclic) bond motifs is 1. The highest BCUT2D eigenvalue weighted by molar-refractivity contribution is 7.92. The third-order valence-electron chi connectivity index (χ3n) is 4.45. The molecule has 1 heterocycles. The first-order chi connectivity index (χ1) is 12.4. The molecule has 2 aromatic carbocycles. The number of para-hydroxylation sites is 1. The van der Waals surface area contributed by atoms with Gasteiger partial charge in [-0.1, -0.05) is 18.2 Å². The average molecular weight is 374 g/mol. The van der Waals surface area contributed by atoms with Gasteiger partial charge in [-0.2, -0.15) is 0 Å². The van der Waals surface area contributed by atoms with Gasteiger partial charge in [0, 0.05) is 12.2 Å². The molecule has 0 saturated heterocycles. The molecule has 0 atom stereocenters. The summed E-state index contributed by atoms with van der Waals surface area (Å²) in [6.45, 7) is 0.357. The molecule has 0 N–H and O–H groups in total. The van der Waals surface area contributed by atoms with E-state index in [0.29, 0.717) is 18.0 Å². The molecule has 2 aromatic rings. The van der Waals surface area contributed by atoms with Crippen molar-refractivity contribution < 1.29 is 17.9 Å². The summed E-state index contributed by atoms with van der Waals surface area (Å²) in [5.41, 5.74) is 2.42. The van der Waals surface area contributed by atoms with Gasteiger partial charge in [0.1, 0.15) is 12.3 Å². The first-order valence-corrected chi connectivity index (χ1v) is 10.2. The Morgan fingerprint density at radius 1 is 1.15 bits per heavy atom. The summed E-state index contributed by atoms with van der Waals surface area (Å²) in [5, 5.41) is 0. The van der Waals surface area contributed by atoms with E-state index >= 15 is 0 Å². The van der Waals surface area contributed by atoms with Crippen molar-refractivity contribution in [3.8, 4) is 5.75 Å². The highest BCUT2D eigenvalue weighted by atomic mass is 32.2. The van der Waals surface area contributed by atoms with Gasteiger partial charge >= 0.3 is 0 Å². The second-order valence-electron chi connectivity index (χ2n) is 6.25. The molecular formula is C19H22N2O4S. The minimum atomic E-state index is -3.60. The lowest BCUT2D eigenvalue weighted by atomic mass is 10.0. The molecule has 0 bridgehead atoms. The number of rotatable bonds is 5. The van der Waals surface area contributed by atoms with Crippen LogP contribution in [0.1, 0.15) is 12.0 Å². The van der Waals surface area contributed by atoms with Gasteiger partial charge in [-0.3, -0.25) is 9.10 Å². The number of methoxy groups -OCH3 is 1. The predicted octanol–water partition coefficient (Wildman–Crippen LogP) is 2.44. The third-order valence-corrected chi connectivity index (χ3v) is 5.59. The molecule has 0 saturated carbocycles. The molecule has 6 nitrogen and oxygen atoms in total. The zero-order valence-electron chi connectivity index (χ0n) is 14.9. The monoisotopic (exact) mass is 374 g/mol. The van der Waals surface area contributed by atoms with Gasteiger partial charge in [0.05, 0.1) is 19.1 Å². The van der Waals surface area contributed by atoms with Crippen molar-refractivity contribution in [3.63, 3.8) is 0 Å². The number of hydrogen-bond donors (Lipinski definition) is 0. The van der Waals surface area contributed by atoms with E-state index in [9.17, 15) is 13.2 Å². The Kier molecular flexibility index (Phi) is 5.18. The van der Waals surface area contributed by atoms with Crippen LogP contribution in [0.5, 0.6) is 5.75 Å². The Labute approximate surface area is 154 Å². The number of anilines is 2. The molecule has 0 radical (unpaired) electrons. The maximum absolute atomic E-state index is 12.9. The fourth-order valence-corrected chi connectivity index (χ4v) is 4.00. The van der Waals surface area contributed by atoms with Gasteiger partial charge in [-0.25, -0.2) is 8.42 Å². The summed E-state index contributed by atoms with van der Waals surface area (Å²) < 4.78 is 30.8. The van der Waals surface area contributed by atoms with Crippen molar-refractivity contribution in [2.75, 3.05) is 35.7 Å². The highest BCUT2D eigenvalue weighted by Crippen LogP contribution is 2.28. The number of carbonyl (C=O) groups is 1. The van der Waals surface area contributed by atoms with Gasteiger partial charge in [0.15, 0.2) is 0 Å². The van der Waals surface area contributed by atoms with E-state index in [4.69, 9.17) is 4.74 Å². The van der Waals surface area contributed by atoms with Crippen LogP contribution >= 0.6 is 0 Å². The molecule has 1 aliphatic rings. The Hall–Kier alpha value is -2.54. The molecule has 0 aromatic heterocycles. The smallest absolute Gasteiger partial charge is 0.247 e. The Balaban J connectivity index is 1.87. The number of amides is 1. The number of nitrogens with zero attached hydrogens (tertiary/aromatic N) is 2. The normalized spacial score (nSPS) is 13.8. The van der Waals surface area contributed by atoms with Crippen molar-refractivity contribution >= 4 is 27.3 Å². The van der Waals surface area contributed by atoms with E-state index < -0.39 is 10.0 Å². The molecule has 1 aliphatic heterocycles. The van der Waals surface area contributed by atoms with E-state index in [2.05, 4.69) is 0 Å². The van der Waals surface area contributed by atoms with Crippen LogP contribution in [0, 0.1) is 0 Å². The second kappa shape index (κ2) is 7.37. The zero-order valence-corrected chi connectivity index (χ0v) is 15.7.